The number of hydrogen-bond acceptors (Lipinski definition) is 6. The predicted octanol–water partition coefficient (Wildman–Crippen LogP) is 2.92. The third-order valence-corrected chi connectivity index (χ3v) is 6.91. The van der Waals surface area contributed by atoms with E-state index in [0.717, 1.165) is 13.0 Å². The third kappa shape index (κ3) is 6.68. The molecule has 1 fully saturated rings. The van der Waals surface area contributed by atoms with E-state index >= 15 is 0 Å². The van der Waals surface area contributed by atoms with Crippen LogP contribution in [-0.2, 0) is 9.53 Å². The topological polar surface area (TPSA) is 100 Å². The molecule has 38 heavy (non-hydrogen) atoms. The zero-order chi connectivity index (χ0) is 27.2. The van der Waals surface area contributed by atoms with Crippen molar-refractivity contribution in [3.8, 4) is 5.75 Å². The Morgan fingerprint density at radius 2 is 1.95 bits per heavy atom. The number of rotatable bonds is 8. The zero-order valence-corrected chi connectivity index (χ0v) is 22.0. The lowest BCUT2D eigenvalue weighted by molar-refractivity contribution is -0.134. The average Bonchev–Trinajstić information content (AvgIpc) is 2.89. The molecule has 2 aliphatic rings. The lowest BCUT2D eigenvalue weighted by atomic mass is 9.94. The van der Waals surface area contributed by atoms with E-state index in [-0.39, 0.29) is 48.7 Å². The van der Waals surface area contributed by atoms with Gasteiger partial charge in [-0.2, -0.15) is 0 Å². The second kappa shape index (κ2) is 12.4. The Kier molecular flexibility index (Phi) is 8.96. The Morgan fingerprint density at radius 1 is 1.16 bits per heavy atom. The number of hydrogen-bond donors (Lipinski definition) is 2. The molecular weight excluding hydrogens is 491 g/mol. The van der Waals surface area contributed by atoms with Crippen LogP contribution in [0.5, 0.6) is 5.75 Å². The van der Waals surface area contributed by atoms with Crippen molar-refractivity contribution >= 4 is 23.4 Å². The third-order valence-electron chi connectivity index (χ3n) is 6.91. The number of nitrogens with zero attached hydrogens (tertiary/aromatic N) is 2. The van der Waals surface area contributed by atoms with Gasteiger partial charge in [0.25, 0.3) is 11.8 Å². The van der Waals surface area contributed by atoms with Crippen molar-refractivity contribution in [3.05, 3.63) is 59.4 Å². The molecule has 2 aromatic rings. The number of likely N-dealkylation sites (N-methyl/N-ethyl adjacent to an activating group) is 1. The number of anilines is 1. The molecule has 2 aliphatic heterocycles. The van der Waals surface area contributed by atoms with E-state index in [1.54, 1.807) is 36.2 Å². The van der Waals surface area contributed by atoms with E-state index in [4.69, 9.17) is 9.47 Å². The Hall–Kier alpha value is -3.50. The zero-order valence-electron chi connectivity index (χ0n) is 22.0. The summed E-state index contributed by atoms with van der Waals surface area (Å²) < 4.78 is 26.2. The fourth-order valence-electron chi connectivity index (χ4n) is 4.85. The van der Waals surface area contributed by atoms with Crippen molar-refractivity contribution < 1.29 is 28.2 Å². The van der Waals surface area contributed by atoms with Gasteiger partial charge in [-0.05, 0) is 70.2 Å². The van der Waals surface area contributed by atoms with Crippen molar-refractivity contribution in [3.63, 3.8) is 0 Å². The number of amides is 3. The quantitative estimate of drug-likeness (QED) is 0.513. The fraction of sp³-hybridized carbons (Fsp3) is 0.464. The lowest BCUT2D eigenvalue weighted by Gasteiger charge is -2.42. The van der Waals surface area contributed by atoms with Gasteiger partial charge < -0.3 is 29.9 Å². The molecule has 1 saturated heterocycles. The number of fused-ring (bicyclic) bond motifs is 2. The van der Waals surface area contributed by atoms with Crippen LogP contribution in [0.1, 0.15) is 46.4 Å². The van der Waals surface area contributed by atoms with Crippen molar-refractivity contribution in [2.75, 3.05) is 46.2 Å². The maximum absolute atomic E-state index is 14.0. The largest absolute Gasteiger partial charge is 0.490 e. The molecule has 0 radical (unpaired) electrons. The summed E-state index contributed by atoms with van der Waals surface area (Å²) in [5, 5.41) is 5.60. The van der Waals surface area contributed by atoms with Gasteiger partial charge in [-0.15, -0.1) is 0 Å². The van der Waals surface area contributed by atoms with E-state index in [1.807, 2.05) is 14.1 Å². The van der Waals surface area contributed by atoms with Crippen molar-refractivity contribution in [1.82, 2.24) is 15.1 Å². The number of halogens is 1. The summed E-state index contributed by atoms with van der Waals surface area (Å²) in [6.07, 6.45) is 1.85. The van der Waals surface area contributed by atoms with Crippen LogP contribution in [0.2, 0.25) is 0 Å². The molecule has 2 heterocycles. The first-order chi connectivity index (χ1) is 18.2. The molecule has 3 atom stereocenters. The fourth-order valence-corrected chi connectivity index (χ4v) is 4.85. The second-order valence-electron chi connectivity index (χ2n) is 10.0. The smallest absolute Gasteiger partial charge is 0.258 e. The van der Waals surface area contributed by atoms with Gasteiger partial charge in [0.1, 0.15) is 24.3 Å². The average molecular weight is 527 g/mol. The Balaban J connectivity index is 1.39. The van der Waals surface area contributed by atoms with E-state index in [1.165, 1.54) is 18.2 Å². The van der Waals surface area contributed by atoms with Crippen LogP contribution in [0.15, 0.2) is 42.5 Å². The van der Waals surface area contributed by atoms with Gasteiger partial charge in [0, 0.05) is 19.3 Å². The number of nitrogens with one attached hydrogen (secondary N) is 2. The maximum atomic E-state index is 14.0. The van der Waals surface area contributed by atoms with Crippen LogP contribution in [-0.4, -0.2) is 86.6 Å². The molecule has 9 nitrogen and oxygen atoms in total. The first kappa shape index (κ1) is 27.5. The van der Waals surface area contributed by atoms with Gasteiger partial charge in [-0.25, -0.2) is 4.39 Å². The minimum atomic E-state index is -0.626. The Bertz CT molecular complexity index is 1170. The summed E-state index contributed by atoms with van der Waals surface area (Å²) in [5.41, 5.74) is 0.575. The van der Waals surface area contributed by atoms with Crippen molar-refractivity contribution in [2.24, 2.45) is 0 Å². The van der Waals surface area contributed by atoms with E-state index < -0.39 is 11.7 Å². The summed E-state index contributed by atoms with van der Waals surface area (Å²) in [6, 6.07) is 10.2. The molecular formula is C28H35FN4O5. The van der Waals surface area contributed by atoms with Crippen LogP contribution in [0.3, 0.4) is 0 Å². The molecule has 0 aromatic heterocycles. The molecule has 204 valence electrons. The van der Waals surface area contributed by atoms with Crippen LogP contribution in [0.25, 0.3) is 0 Å². The minimum Gasteiger partial charge on any atom is -0.490 e. The highest BCUT2D eigenvalue weighted by molar-refractivity contribution is 6.05. The lowest BCUT2D eigenvalue weighted by Crippen LogP contribution is -2.54. The first-order valence-corrected chi connectivity index (χ1v) is 12.9. The maximum Gasteiger partial charge on any atom is 0.258 e. The number of benzene rings is 2. The molecule has 0 bridgehead atoms. The van der Waals surface area contributed by atoms with Crippen LogP contribution >= 0.6 is 0 Å². The van der Waals surface area contributed by atoms with Gasteiger partial charge in [-0.3, -0.25) is 14.4 Å². The molecule has 0 unspecified atom stereocenters. The molecule has 0 aliphatic carbocycles. The summed E-state index contributed by atoms with van der Waals surface area (Å²) in [7, 11) is 5.72. The predicted molar refractivity (Wildman–Crippen MR) is 141 cm³/mol. The number of carbonyl (C=O) groups excluding carboxylic acids is 3. The minimum absolute atomic E-state index is 0.0429. The standard InChI is InChI=1S/C28H35FN4O5/c1-32(2)14-6-13-30-26(34)16-19-10-11-23-25(38-19)17-37-24-12-9-18(15-21(24)28(36)33(23)3)31-27(35)20-7-4-5-8-22(20)29/h4-5,7-9,12,15,19,23,25H,6,10-11,13-14,16-17H2,1-3H3,(H,30,34)(H,31,35)/t19-,23+,25+/m0/s1. The molecule has 0 spiro atoms. The van der Waals surface area contributed by atoms with E-state index in [2.05, 4.69) is 15.5 Å². The molecule has 2 aromatic carbocycles. The van der Waals surface area contributed by atoms with Gasteiger partial charge in [-0.1, -0.05) is 12.1 Å². The number of carbonyl (C=O) groups is 3. The monoisotopic (exact) mass is 526 g/mol. The Morgan fingerprint density at radius 3 is 2.71 bits per heavy atom. The Labute approximate surface area is 222 Å². The van der Waals surface area contributed by atoms with Gasteiger partial charge in [0.05, 0.1) is 29.7 Å². The highest BCUT2D eigenvalue weighted by atomic mass is 19.1. The molecule has 0 saturated carbocycles. The molecule has 3 amide bonds. The van der Waals surface area contributed by atoms with Gasteiger partial charge >= 0.3 is 0 Å². The van der Waals surface area contributed by atoms with E-state index in [0.29, 0.717) is 36.4 Å². The SMILES string of the molecule is CN(C)CCCNC(=O)C[C@@H]1CC[C@@H]2[C@@H](COc3ccc(NC(=O)c4ccccc4F)cc3C(=O)N2C)O1. The highest BCUT2D eigenvalue weighted by Gasteiger charge is 2.39. The van der Waals surface area contributed by atoms with Crippen molar-refractivity contribution in [1.29, 1.82) is 0 Å². The van der Waals surface area contributed by atoms with Crippen molar-refractivity contribution in [2.45, 2.75) is 43.9 Å². The van der Waals surface area contributed by atoms with Crippen LogP contribution in [0, 0.1) is 5.82 Å². The summed E-state index contributed by atoms with van der Waals surface area (Å²) in [5.74, 6) is -1.17. The number of ether oxygens (including phenoxy) is 2. The molecule has 4 rings (SSSR count). The van der Waals surface area contributed by atoms with Crippen LogP contribution < -0.4 is 15.4 Å². The van der Waals surface area contributed by atoms with Gasteiger partial charge in [0.2, 0.25) is 5.91 Å². The summed E-state index contributed by atoms with van der Waals surface area (Å²) in [4.78, 5) is 42.1. The van der Waals surface area contributed by atoms with E-state index in [9.17, 15) is 18.8 Å². The molecule has 10 heteroatoms. The van der Waals surface area contributed by atoms with Gasteiger partial charge in [0.15, 0.2) is 0 Å². The summed E-state index contributed by atoms with van der Waals surface area (Å²) >= 11 is 0. The first-order valence-electron chi connectivity index (χ1n) is 12.9. The summed E-state index contributed by atoms with van der Waals surface area (Å²) in [6.45, 7) is 1.75. The van der Waals surface area contributed by atoms with Crippen LogP contribution in [0.4, 0.5) is 10.1 Å². The highest BCUT2D eigenvalue weighted by Crippen LogP contribution is 2.32. The molecule has 2 N–H and O–H groups in total. The normalized spacial score (nSPS) is 21.0. The second-order valence-corrected chi connectivity index (χ2v) is 10.0.